The van der Waals surface area contributed by atoms with Crippen LogP contribution in [0.25, 0.3) is 5.69 Å². The molecule has 144 valence electrons. The highest BCUT2D eigenvalue weighted by Crippen LogP contribution is 2.23. The van der Waals surface area contributed by atoms with Gasteiger partial charge in [-0.05, 0) is 42.7 Å². The molecule has 0 saturated carbocycles. The Morgan fingerprint density at radius 1 is 1.21 bits per heavy atom. The normalized spacial score (nSPS) is 11.8. The van der Waals surface area contributed by atoms with E-state index in [1.54, 1.807) is 18.3 Å². The first-order chi connectivity index (χ1) is 13.3. The average molecular weight is 380 g/mol. The van der Waals surface area contributed by atoms with E-state index < -0.39 is 17.9 Å². The van der Waals surface area contributed by atoms with Crippen LogP contribution in [0.5, 0.6) is 5.88 Å². The van der Waals surface area contributed by atoms with E-state index in [0.717, 1.165) is 11.1 Å². The van der Waals surface area contributed by atoms with E-state index in [0.29, 0.717) is 11.3 Å². The second-order valence-electron chi connectivity index (χ2n) is 6.50. The molecule has 3 aromatic rings. The Balaban J connectivity index is 1.88. The number of aliphatic carboxylic acids is 1. The maximum atomic E-state index is 12.6. The minimum Gasteiger partial charge on any atom is -0.493 e. The van der Waals surface area contributed by atoms with Crippen LogP contribution < -0.4 is 5.32 Å². The van der Waals surface area contributed by atoms with Gasteiger partial charge in [-0.2, -0.15) is 5.10 Å². The molecule has 0 aliphatic rings. The van der Waals surface area contributed by atoms with Crippen molar-refractivity contribution in [3.8, 4) is 11.6 Å². The number of amides is 1. The van der Waals surface area contributed by atoms with Crippen molar-refractivity contribution in [2.75, 3.05) is 0 Å². The van der Waals surface area contributed by atoms with Crippen LogP contribution in [0.4, 0.5) is 0 Å². The third-order valence-electron chi connectivity index (χ3n) is 4.29. The third kappa shape index (κ3) is 4.17. The molecule has 3 N–H and O–H groups in total. The fourth-order valence-corrected chi connectivity index (χ4v) is 2.85. The molecule has 2 aromatic heterocycles. The number of carbonyl (C=O) groups excluding carboxylic acids is 1. The molecule has 0 spiro atoms. The highest BCUT2D eigenvalue weighted by Gasteiger charge is 2.22. The van der Waals surface area contributed by atoms with Crippen LogP contribution in [0.15, 0.2) is 48.8 Å². The zero-order valence-electron chi connectivity index (χ0n) is 15.5. The lowest BCUT2D eigenvalue weighted by Crippen LogP contribution is -2.30. The van der Waals surface area contributed by atoms with Gasteiger partial charge in [-0.3, -0.25) is 14.6 Å². The summed E-state index contributed by atoms with van der Waals surface area (Å²) in [5.74, 6) is -1.83. The topological polar surface area (TPSA) is 117 Å². The first kappa shape index (κ1) is 19.1. The van der Waals surface area contributed by atoms with Crippen LogP contribution in [0.3, 0.4) is 0 Å². The lowest BCUT2D eigenvalue weighted by Gasteiger charge is -2.16. The Labute approximate surface area is 161 Å². The van der Waals surface area contributed by atoms with Gasteiger partial charge >= 0.3 is 5.97 Å². The van der Waals surface area contributed by atoms with Gasteiger partial charge in [0, 0.05) is 18.5 Å². The van der Waals surface area contributed by atoms with Gasteiger partial charge in [-0.1, -0.05) is 18.2 Å². The van der Waals surface area contributed by atoms with E-state index in [2.05, 4.69) is 15.4 Å². The first-order valence-electron chi connectivity index (χ1n) is 8.64. The van der Waals surface area contributed by atoms with Gasteiger partial charge in [0.1, 0.15) is 0 Å². The second kappa shape index (κ2) is 7.91. The Kier molecular flexibility index (Phi) is 5.39. The summed E-state index contributed by atoms with van der Waals surface area (Å²) in [6.07, 6.45) is 2.76. The number of carboxylic acids is 1. The maximum absolute atomic E-state index is 12.6. The van der Waals surface area contributed by atoms with Crippen molar-refractivity contribution in [2.24, 2.45) is 0 Å². The van der Waals surface area contributed by atoms with E-state index in [9.17, 15) is 14.7 Å². The number of hydrogen-bond donors (Lipinski definition) is 3. The highest BCUT2D eigenvalue weighted by atomic mass is 16.4. The van der Waals surface area contributed by atoms with Crippen molar-refractivity contribution in [1.29, 1.82) is 0 Å². The zero-order chi connectivity index (χ0) is 20.3. The summed E-state index contributed by atoms with van der Waals surface area (Å²) in [7, 11) is 0. The Bertz CT molecular complexity index is 1010. The number of aromatic hydroxyl groups is 1. The number of benzene rings is 1. The number of carbonyl (C=O) groups is 2. The predicted octanol–water partition coefficient (Wildman–Crippen LogP) is 2.54. The summed E-state index contributed by atoms with van der Waals surface area (Å²) in [5.41, 5.74) is 3.08. The molecule has 0 saturated heterocycles. The number of nitrogens with zero attached hydrogens (tertiary/aromatic N) is 3. The Morgan fingerprint density at radius 2 is 2.00 bits per heavy atom. The van der Waals surface area contributed by atoms with E-state index in [1.807, 2.05) is 32.0 Å². The van der Waals surface area contributed by atoms with Gasteiger partial charge in [0.05, 0.1) is 18.2 Å². The van der Waals surface area contributed by atoms with Crippen molar-refractivity contribution in [3.05, 3.63) is 71.2 Å². The highest BCUT2D eigenvalue weighted by molar-refractivity contribution is 5.93. The smallest absolute Gasteiger partial charge is 0.305 e. The molecule has 0 bridgehead atoms. The number of aryl methyl sites for hydroxylation is 2. The van der Waals surface area contributed by atoms with Gasteiger partial charge in [-0.15, -0.1) is 0 Å². The quantitative estimate of drug-likeness (QED) is 0.605. The molecule has 8 heteroatoms. The minimum atomic E-state index is -1.06. The number of nitrogens with one attached hydrogen (secondary N) is 1. The molecule has 0 aliphatic carbocycles. The number of aromatic nitrogens is 3. The fraction of sp³-hybridized carbons (Fsp3) is 0.200. The van der Waals surface area contributed by atoms with Gasteiger partial charge in [-0.25, -0.2) is 4.68 Å². The second-order valence-corrected chi connectivity index (χ2v) is 6.50. The lowest BCUT2D eigenvalue weighted by atomic mass is 10.1. The van der Waals surface area contributed by atoms with Crippen LogP contribution in [0, 0.1) is 13.8 Å². The number of hydrogen-bond acceptors (Lipinski definition) is 5. The predicted molar refractivity (Wildman–Crippen MR) is 101 cm³/mol. The molecule has 0 aliphatic heterocycles. The maximum Gasteiger partial charge on any atom is 0.305 e. The van der Waals surface area contributed by atoms with Gasteiger partial charge < -0.3 is 15.5 Å². The summed E-state index contributed by atoms with van der Waals surface area (Å²) in [6, 6.07) is 9.52. The van der Waals surface area contributed by atoms with Gasteiger partial charge in [0.15, 0.2) is 5.69 Å². The molecule has 1 unspecified atom stereocenters. The molecular weight excluding hydrogens is 360 g/mol. The lowest BCUT2D eigenvalue weighted by molar-refractivity contribution is -0.137. The molecule has 1 atom stereocenters. The van der Waals surface area contributed by atoms with Crippen LogP contribution in [-0.2, 0) is 4.79 Å². The monoisotopic (exact) mass is 380 g/mol. The molecule has 1 amide bonds. The van der Waals surface area contributed by atoms with Crippen LogP contribution >= 0.6 is 0 Å². The Morgan fingerprint density at radius 3 is 2.68 bits per heavy atom. The molecule has 0 fully saturated rings. The van der Waals surface area contributed by atoms with Gasteiger partial charge in [0.2, 0.25) is 5.88 Å². The van der Waals surface area contributed by atoms with Gasteiger partial charge in [0.25, 0.3) is 5.91 Å². The number of rotatable bonds is 6. The summed E-state index contributed by atoms with van der Waals surface area (Å²) in [5, 5.41) is 26.3. The van der Waals surface area contributed by atoms with Crippen molar-refractivity contribution in [3.63, 3.8) is 0 Å². The average Bonchev–Trinajstić information content (AvgIpc) is 3.05. The standard InChI is InChI=1S/C20H20N4O4/c1-12-5-6-13(2)17(8-12)24-18(25)9-16(23-24)20(28)22-15(10-19(26)27)14-4-3-7-21-11-14/h3-9,11,15,25H,10H2,1-2H3,(H,22,28)(H,26,27). The summed E-state index contributed by atoms with van der Waals surface area (Å²) >= 11 is 0. The van der Waals surface area contributed by atoms with Crippen LogP contribution in [0.1, 0.15) is 39.6 Å². The van der Waals surface area contributed by atoms with E-state index in [1.165, 1.54) is 16.9 Å². The summed E-state index contributed by atoms with van der Waals surface area (Å²) < 4.78 is 1.29. The molecule has 1 aromatic carbocycles. The molecule has 3 rings (SSSR count). The van der Waals surface area contributed by atoms with Crippen molar-refractivity contribution in [1.82, 2.24) is 20.1 Å². The summed E-state index contributed by atoms with van der Waals surface area (Å²) in [6.45, 7) is 3.79. The SMILES string of the molecule is Cc1ccc(C)c(-n2nc(C(=O)NC(CC(=O)O)c3cccnc3)cc2O)c1. The largest absolute Gasteiger partial charge is 0.493 e. The first-order valence-corrected chi connectivity index (χ1v) is 8.64. The van der Waals surface area contributed by atoms with E-state index in [-0.39, 0.29) is 18.0 Å². The van der Waals surface area contributed by atoms with Crippen molar-refractivity contribution in [2.45, 2.75) is 26.3 Å². The molecule has 8 nitrogen and oxygen atoms in total. The summed E-state index contributed by atoms with van der Waals surface area (Å²) in [4.78, 5) is 27.8. The van der Waals surface area contributed by atoms with E-state index >= 15 is 0 Å². The molecule has 0 radical (unpaired) electrons. The minimum absolute atomic E-state index is 0.0160. The van der Waals surface area contributed by atoms with Crippen LogP contribution in [-0.4, -0.2) is 36.9 Å². The molecular formula is C20H20N4O4. The molecule has 2 heterocycles. The molecule has 28 heavy (non-hydrogen) atoms. The number of carboxylic acid groups (broad SMARTS) is 1. The van der Waals surface area contributed by atoms with E-state index in [4.69, 9.17) is 5.11 Å². The zero-order valence-corrected chi connectivity index (χ0v) is 15.5. The van der Waals surface area contributed by atoms with Crippen LogP contribution in [0.2, 0.25) is 0 Å². The third-order valence-corrected chi connectivity index (χ3v) is 4.29. The van der Waals surface area contributed by atoms with Crippen molar-refractivity contribution < 1.29 is 19.8 Å². The Hall–Kier alpha value is -3.68. The number of pyridine rings is 1. The fourth-order valence-electron chi connectivity index (χ4n) is 2.85. The van der Waals surface area contributed by atoms with Crippen molar-refractivity contribution >= 4 is 11.9 Å².